The molecule has 1 amide bonds. The molecule has 2 atom stereocenters. The van der Waals surface area contributed by atoms with Crippen molar-refractivity contribution in [2.75, 3.05) is 6.61 Å². The fraction of sp³-hybridized carbons (Fsp3) is 0.500. The summed E-state index contributed by atoms with van der Waals surface area (Å²) in [6, 6.07) is 9.32. The molecule has 0 radical (unpaired) electrons. The Morgan fingerprint density at radius 2 is 2.10 bits per heavy atom. The Hall–Kier alpha value is -2.11. The number of ether oxygens (including phenoxy) is 1. The molecule has 108 valence electrons. The van der Waals surface area contributed by atoms with Crippen LogP contribution in [0.15, 0.2) is 30.3 Å². The molecule has 0 N–H and O–H groups in total. The molecule has 6 heteroatoms. The number of carbonyl (C=O) groups is 1. The molecule has 1 aromatic rings. The van der Waals surface area contributed by atoms with Gasteiger partial charge in [0.1, 0.15) is 6.04 Å². The Labute approximate surface area is 117 Å². The summed E-state index contributed by atoms with van der Waals surface area (Å²) in [7, 11) is 0. The highest BCUT2D eigenvalue weighted by atomic mass is 16.6. The second kappa shape index (κ2) is 5.48. The fourth-order valence-electron chi connectivity index (χ4n) is 2.51. The topological polar surface area (TPSA) is 72.5 Å². The van der Waals surface area contributed by atoms with Gasteiger partial charge in [-0.25, -0.2) is 9.69 Å². The van der Waals surface area contributed by atoms with E-state index in [1.54, 1.807) is 6.92 Å². The minimum Gasteiger partial charge on any atom is -0.450 e. The lowest BCUT2D eigenvalue weighted by atomic mass is 10.1. The molecule has 1 aromatic carbocycles. The molecule has 0 aromatic heterocycles. The number of benzene rings is 1. The van der Waals surface area contributed by atoms with E-state index in [1.807, 2.05) is 30.3 Å². The predicted octanol–water partition coefficient (Wildman–Crippen LogP) is 2.45. The molecule has 1 saturated heterocycles. The molecule has 1 aliphatic heterocycles. The van der Waals surface area contributed by atoms with Crippen molar-refractivity contribution < 1.29 is 14.5 Å². The van der Waals surface area contributed by atoms with Gasteiger partial charge < -0.3 is 4.74 Å². The van der Waals surface area contributed by atoms with Gasteiger partial charge in [-0.15, -0.1) is 0 Å². The maximum Gasteiger partial charge on any atom is 0.415 e. The van der Waals surface area contributed by atoms with Crippen LogP contribution in [0, 0.1) is 10.1 Å². The molecule has 0 spiro atoms. The standard InChI is InChI=1S/C14H18N2O4/c1-3-20-13(17)15-12(14(15,2)16(18)19)10-9-11-7-5-4-6-8-11/h4-8,12H,3,9-10H2,1-2H3/t12-,14-,15?/m0/s1. The highest BCUT2D eigenvalue weighted by Gasteiger charge is 2.73. The van der Waals surface area contributed by atoms with Gasteiger partial charge in [0, 0.05) is 6.92 Å². The quantitative estimate of drug-likeness (QED) is 0.471. The van der Waals surface area contributed by atoms with Crippen LogP contribution in [-0.4, -0.2) is 34.2 Å². The molecule has 1 aliphatic rings. The number of hydrogen-bond acceptors (Lipinski definition) is 4. The molecule has 0 saturated carbocycles. The molecule has 0 bridgehead atoms. The molecule has 1 heterocycles. The van der Waals surface area contributed by atoms with Crippen LogP contribution in [0.5, 0.6) is 0 Å². The number of aryl methyl sites for hydroxylation is 1. The van der Waals surface area contributed by atoms with E-state index in [0.717, 1.165) is 5.56 Å². The SMILES string of the molecule is CCOC(=O)N1[C@@H](CCc2ccccc2)[C@]1(C)[N+](=O)[O-]. The molecule has 0 unspecified atom stereocenters. The first kappa shape index (κ1) is 14.3. The average Bonchev–Trinajstić information content (AvgIpc) is 3.05. The van der Waals surface area contributed by atoms with Gasteiger partial charge in [0.05, 0.1) is 11.5 Å². The summed E-state index contributed by atoms with van der Waals surface area (Å²) < 4.78 is 4.88. The van der Waals surface area contributed by atoms with Crippen LogP contribution in [0.4, 0.5) is 4.79 Å². The van der Waals surface area contributed by atoms with Crippen molar-refractivity contribution in [1.29, 1.82) is 0 Å². The van der Waals surface area contributed by atoms with Gasteiger partial charge in [-0.3, -0.25) is 10.1 Å². The largest absolute Gasteiger partial charge is 0.450 e. The molecular weight excluding hydrogens is 260 g/mol. The molecule has 1 fully saturated rings. The van der Waals surface area contributed by atoms with Crippen molar-refractivity contribution in [2.45, 2.75) is 38.4 Å². The highest BCUT2D eigenvalue weighted by Crippen LogP contribution is 2.44. The van der Waals surface area contributed by atoms with Crippen LogP contribution in [0.3, 0.4) is 0 Å². The van der Waals surface area contributed by atoms with Gasteiger partial charge in [0.15, 0.2) is 0 Å². The molecule has 2 rings (SSSR count). The van der Waals surface area contributed by atoms with E-state index < -0.39 is 22.7 Å². The number of nitro groups is 1. The first-order valence-electron chi connectivity index (χ1n) is 6.66. The van der Waals surface area contributed by atoms with Crippen molar-refractivity contribution in [3.8, 4) is 0 Å². The highest BCUT2D eigenvalue weighted by molar-refractivity contribution is 5.72. The van der Waals surface area contributed by atoms with Crippen LogP contribution >= 0.6 is 0 Å². The van der Waals surface area contributed by atoms with Crippen molar-refractivity contribution in [1.82, 2.24) is 4.90 Å². The second-order valence-electron chi connectivity index (χ2n) is 4.96. The predicted molar refractivity (Wildman–Crippen MR) is 72.8 cm³/mol. The van der Waals surface area contributed by atoms with Crippen LogP contribution in [0.25, 0.3) is 0 Å². The van der Waals surface area contributed by atoms with Crippen molar-refractivity contribution in [2.24, 2.45) is 0 Å². The Bertz CT molecular complexity index is 505. The molecule has 20 heavy (non-hydrogen) atoms. The number of amides is 1. The summed E-state index contributed by atoms with van der Waals surface area (Å²) in [5, 5.41) is 11.2. The van der Waals surface area contributed by atoms with E-state index in [2.05, 4.69) is 0 Å². The monoisotopic (exact) mass is 278 g/mol. The summed E-state index contributed by atoms with van der Waals surface area (Å²) in [6.07, 6.45) is 0.648. The summed E-state index contributed by atoms with van der Waals surface area (Å²) in [5.41, 5.74) is -0.227. The number of nitrogens with zero attached hydrogens (tertiary/aromatic N) is 2. The van der Waals surface area contributed by atoms with Gasteiger partial charge in [0.2, 0.25) is 0 Å². The minimum absolute atomic E-state index is 0.217. The summed E-state index contributed by atoms with van der Waals surface area (Å²) >= 11 is 0. The summed E-state index contributed by atoms with van der Waals surface area (Å²) in [6.45, 7) is 3.37. The summed E-state index contributed by atoms with van der Waals surface area (Å²) in [4.78, 5) is 23.7. The van der Waals surface area contributed by atoms with E-state index in [0.29, 0.717) is 12.8 Å². The van der Waals surface area contributed by atoms with E-state index in [4.69, 9.17) is 4.74 Å². The summed E-state index contributed by atoms with van der Waals surface area (Å²) in [5.74, 6) is 0. The fourth-order valence-corrected chi connectivity index (χ4v) is 2.51. The van der Waals surface area contributed by atoms with Gasteiger partial charge in [-0.1, -0.05) is 30.3 Å². The Morgan fingerprint density at radius 1 is 1.45 bits per heavy atom. The zero-order valence-electron chi connectivity index (χ0n) is 11.6. The van der Waals surface area contributed by atoms with Crippen LogP contribution < -0.4 is 0 Å². The minimum atomic E-state index is -1.33. The maximum atomic E-state index is 11.7. The molecule has 6 nitrogen and oxygen atoms in total. The lowest BCUT2D eigenvalue weighted by molar-refractivity contribution is -0.545. The van der Waals surface area contributed by atoms with Crippen LogP contribution in [0.2, 0.25) is 0 Å². The lowest BCUT2D eigenvalue weighted by Crippen LogP contribution is -2.28. The smallest absolute Gasteiger partial charge is 0.415 e. The van der Waals surface area contributed by atoms with Crippen molar-refractivity contribution in [3.05, 3.63) is 46.0 Å². The molecular formula is C14H18N2O4. The first-order chi connectivity index (χ1) is 9.51. The first-order valence-corrected chi connectivity index (χ1v) is 6.66. The number of carbonyl (C=O) groups excluding carboxylic acids is 1. The zero-order chi connectivity index (χ0) is 14.8. The Morgan fingerprint density at radius 3 is 2.65 bits per heavy atom. The van der Waals surface area contributed by atoms with Crippen LogP contribution in [0.1, 0.15) is 25.8 Å². The third-order valence-corrected chi connectivity index (χ3v) is 3.75. The average molecular weight is 278 g/mol. The van der Waals surface area contributed by atoms with Gasteiger partial charge in [0.25, 0.3) is 0 Å². The van der Waals surface area contributed by atoms with E-state index in [-0.39, 0.29) is 6.61 Å². The third-order valence-electron chi connectivity index (χ3n) is 3.75. The third kappa shape index (κ3) is 2.45. The van der Waals surface area contributed by atoms with Crippen molar-refractivity contribution >= 4 is 6.09 Å². The number of hydrogen-bond donors (Lipinski definition) is 0. The maximum absolute atomic E-state index is 11.7. The van der Waals surface area contributed by atoms with Crippen LogP contribution in [-0.2, 0) is 11.2 Å². The number of rotatable bonds is 5. The van der Waals surface area contributed by atoms with E-state index in [9.17, 15) is 14.9 Å². The lowest BCUT2D eigenvalue weighted by Gasteiger charge is -2.04. The van der Waals surface area contributed by atoms with Gasteiger partial charge in [-0.05, 0) is 25.3 Å². The van der Waals surface area contributed by atoms with Gasteiger partial charge in [-0.2, -0.15) is 0 Å². The van der Waals surface area contributed by atoms with E-state index >= 15 is 0 Å². The molecule has 0 aliphatic carbocycles. The second-order valence-corrected chi connectivity index (χ2v) is 4.96. The van der Waals surface area contributed by atoms with E-state index in [1.165, 1.54) is 11.8 Å². The van der Waals surface area contributed by atoms with Crippen molar-refractivity contribution in [3.63, 3.8) is 0 Å². The van der Waals surface area contributed by atoms with Gasteiger partial charge >= 0.3 is 11.8 Å². The Balaban J connectivity index is 2.02. The zero-order valence-corrected chi connectivity index (χ0v) is 11.6. The normalized spacial score (nSPS) is 24.3. The Kier molecular flexibility index (Phi) is 3.92.